The van der Waals surface area contributed by atoms with Gasteiger partial charge in [-0.2, -0.15) is 0 Å². The van der Waals surface area contributed by atoms with E-state index in [0.717, 1.165) is 0 Å². The van der Waals surface area contributed by atoms with Gasteiger partial charge in [0.2, 0.25) is 11.8 Å². The van der Waals surface area contributed by atoms with Gasteiger partial charge < -0.3 is 9.26 Å². The molecule has 122 valence electrons. The van der Waals surface area contributed by atoms with Crippen LogP contribution < -0.4 is 5.32 Å². The molecule has 0 aliphatic carbocycles. The second-order valence-electron chi connectivity index (χ2n) is 4.57. The molecule has 1 N–H and O–H groups in total. The van der Waals surface area contributed by atoms with Crippen LogP contribution in [0.5, 0.6) is 0 Å². The second kappa shape index (κ2) is 7.48. The van der Waals surface area contributed by atoms with E-state index in [1.54, 1.807) is 31.2 Å². The Kier molecular flexibility index (Phi) is 5.63. The number of carbonyl (C=O) groups is 2. The molecule has 1 atom stereocenters. The molecule has 0 saturated carbocycles. The van der Waals surface area contributed by atoms with Gasteiger partial charge in [-0.05, 0) is 26.0 Å². The molecule has 1 amide bonds. The maximum Gasteiger partial charge on any atom is 0.346 e. The smallest absolute Gasteiger partial charge is 0.346 e. The average molecular weight is 357 g/mol. The Morgan fingerprint density at radius 3 is 2.57 bits per heavy atom. The molecule has 6 nitrogen and oxygen atoms in total. The summed E-state index contributed by atoms with van der Waals surface area (Å²) in [6.45, 7) is 3.34. The number of ether oxygens (including phenoxy) is 1. The van der Waals surface area contributed by atoms with E-state index in [4.69, 9.17) is 32.5 Å². The van der Waals surface area contributed by atoms with E-state index in [1.165, 1.54) is 6.92 Å². The summed E-state index contributed by atoms with van der Waals surface area (Å²) in [6, 6.07) is 6.66. The summed E-state index contributed by atoms with van der Waals surface area (Å²) in [6.07, 6.45) is 0. The van der Waals surface area contributed by atoms with Gasteiger partial charge in [0.15, 0.2) is 5.56 Å². The van der Waals surface area contributed by atoms with E-state index < -0.39 is 17.3 Å². The number of esters is 1. The monoisotopic (exact) mass is 356 g/mol. The molecule has 0 spiro atoms. The maximum absolute atomic E-state index is 12.2. The molecule has 1 heterocycles. The molecule has 2 rings (SSSR count). The fourth-order valence-electron chi connectivity index (χ4n) is 1.78. The van der Waals surface area contributed by atoms with Crippen LogP contribution in [0.4, 0.5) is 5.88 Å². The highest BCUT2D eigenvalue weighted by atomic mass is 35.5. The first-order chi connectivity index (χ1) is 10.9. The fraction of sp³-hybridized carbons (Fsp3) is 0.267. The SMILES string of the molecule is CCOC(=O)c1c(-c2ccc(Cl)cc2)noc1NC(=O)C(C)Cl. The van der Waals surface area contributed by atoms with Crippen molar-refractivity contribution in [3.05, 3.63) is 34.9 Å². The lowest BCUT2D eigenvalue weighted by molar-refractivity contribution is -0.115. The molecule has 1 aromatic heterocycles. The molecule has 1 unspecified atom stereocenters. The summed E-state index contributed by atoms with van der Waals surface area (Å²) >= 11 is 11.6. The molecule has 0 bridgehead atoms. The summed E-state index contributed by atoms with van der Waals surface area (Å²) in [5.41, 5.74) is 0.873. The number of hydrogen-bond donors (Lipinski definition) is 1. The highest BCUT2D eigenvalue weighted by Crippen LogP contribution is 2.30. The number of carbonyl (C=O) groups excluding carboxylic acids is 2. The molecule has 0 saturated heterocycles. The topological polar surface area (TPSA) is 81.4 Å². The fourth-order valence-corrected chi connectivity index (χ4v) is 1.96. The Bertz CT molecular complexity index is 711. The molecule has 0 radical (unpaired) electrons. The van der Waals surface area contributed by atoms with Crippen molar-refractivity contribution in [2.45, 2.75) is 19.2 Å². The number of benzene rings is 1. The number of nitrogens with zero attached hydrogens (tertiary/aromatic N) is 1. The number of amides is 1. The van der Waals surface area contributed by atoms with E-state index in [2.05, 4.69) is 10.5 Å². The molecule has 0 aliphatic rings. The van der Waals surface area contributed by atoms with Crippen molar-refractivity contribution in [2.75, 3.05) is 11.9 Å². The third-order valence-corrected chi connectivity index (χ3v) is 3.34. The predicted octanol–water partition coefficient (Wildman–Crippen LogP) is 3.74. The molecule has 1 aromatic carbocycles. The lowest BCUT2D eigenvalue weighted by Crippen LogP contribution is -2.21. The molecule has 0 fully saturated rings. The minimum Gasteiger partial charge on any atom is -0.462 e. The summed E-state index contributed by atoms with van der Waals surface area (Å²) < 4.78 is 10.1. The Balaban J connectivity index is 2.46. The molecule has 0 aliphatic heterocycles. The van der Waals surface area contributed by atoms with Crippen molar-refractivity contribution in [3.63, 3.8) is 0 Å². The summed E-state index contributed by atoms with van der Waals surface area (Å²) in [7, 11) is 0. The third kappa shape index (κ3) is 4.03. The largest absolute Gasteiger partial charge is 0.462 e. The standard InChI is InChI=1S/C15H14Cl2N2O4/c1-3-22-15(21)11-12(9-4-6-10(17)7-5-9)19-23-14(11)18-13(20)8(2)16/h4-8H,3H2,1-2H3,(H,18,20). The van der Waals surface area contributed by atoms with Crippen molar-refractivity contribution >= 4 is 41.0 Å². The average Bonchev–Trinajstić information content (AvgIpc) is 2.91. The molecule has 2 aromatic rings. The van der Waals surface area contributed by atoms with E-state index in [9.17, 15) is 9.59 Å². The predicted molar refractivity (Wildman–Crippen MR) is 86.9 cm³/mol. The number of alkyl halides is 1. The number of aromatic nitrogens is 1. The van der Waals surface area contributed by atoms with Crippen molar-refractivity contribution in [3.8, 4) is 11.3 Å². The highest BCUT2D eigenvalue weighted by Gasteiger charge is 2.27. The van der Waals surface area contributed by atoms with Crippen molar-refractivity contribution < 1.29 is 18.8 Å². The van der Waals surface area contributed by atoms with Crippen LogP contribution in [0.15, 0.2) is 28.8 Å². The van der Waals surface area contributed by atoms with E-state index in [1.807, 2.05) is 0 Å². The maximum atomic E-state index is 12.2. The van der Waals surface area contributed by atoms with Gasteiger partial charge in [-0.1, -0.05) is 28.9 Å². The van der Waals surface area contributed by atoms with Gasteiger partial charge in [0.1, 0.15) is 11.1 Å². The summed E-state index contributed by atoms with van der Waals surface area (Å²) in [5.74, 6) is -1.28. The van der Waals surface area contributed by atoms with Crippen LogP contribution in [-0.2, 0) is 9.53 Å². The Morgan fingerprint density at radius 2 is 2.00 bits per heavy atom. The first-order valence-corrected chi connectivity index (χ1v) is 7.63. The van der Waals surface area contributed by atoms with Crippen molar-refractivity contribution in [1.82, 2.24) is 5.16 Å². The Morgan fingerprint density at radius 1 is 1.35 bits per heavy atom. The van der Waals surface area contributed by atoms with Crippen LogP contribution in [0.3, 0.4) is 0 Å². The molecular formula is C15H14Cl2N2O4. The highest BCUT2D eigenvalue weighted by molar-refractivity contribution is 6.32. The van der Waals surface area contributed by atoms with Crippen LogP contribution in [-0.4, -0.2) is 29.0 Å². The van der Waals surface area contributed by atoms with Gasteiger partial charge >= 0.3 is 5.97 Å². The minimum atomic E-state index is -0.797. The summed E-state index contributed by atoms with van der Waals surface area (Å²) in [4.78, 5) is 23.9. The first-order valence-electron chi connectivity index (χ1n) is 6.81. The zero-order valence-electron chi connectivity index (χ0n) is 12.4. The second-order valence-corrected chi connectivity index (χ2v) is 5.66. The third-order valence-electron chi connectivity index (χ3n) is 2.89. The molecule has 8 heteroatoms. The number of rotatable bonds is 5. The van der Waals surface area contributed by atoms with Gasteiger partial charge in [-0.25, -0.2) is 4.79 Å². The first kappa shape index (κ1) is 17.3. The van der Waals surface area contributed by atoms with E-state index in [-0.39, 0.29) is 23.7 Å². The Hall–Kier alpha value is -2.05. The van der Waals surface area contributed by atoms with Crippen LogP contribution >= 0.6 is 23.2 Å². The zero-order chi connectivity index (χ0) is 17.0. The number of hydrogen-bond acceptors (Lipinski definition) is 5. The number of nitrogens with one attached hydrogen (secondary N) is 1. The quantitative estimate of drug-likeness (QED) is 0.651. The van der Waals surface area contributed by atoms with Gasteiger partial charge in [0, 0.05) is 10.6 Å². The normalized spacial score (nSPS) is 11.8. The number of anilines is 1. The number of halogens is 2. The zero-order valence-corrected chi connectivity index (χ0v) is 13.9. The van der Waals surface area contributed by atoms with Gasteiger partial charge in [-0.3, -0.25) is 10.1 Å². The van der Waals surface area contributed by atoms with Gasteiger partial charge in [0.05, 0.1) is 6.61 Å². The van der Waals surface area contributed by atoms with Crippen LogP contribution in [0, 0.1) is 0 Å². The van der Waals surface area contributed by atoms with Crippen LogP contribution in [0.1, 0.15) is 24.2 Å². The van der Waals surface area contributed by atoms with Crippen LogP contribution in [0.25, 0.3) is 11.3 Å². The van der Waals surface area contributed by atoms with Crippen molar-refractivity contribution in [1.29, 1.82) is 0 Å². The van der Waals surface area contributed by atoms with Gasteiger partial charge in [0.25, 0.3) is 0 Å². The molecule has 23 heavy (non-hydrogen) atoms. The lowest BCUT2D eigenvalue weighted by atomic mass is 10.1. The Labute approximate surface area is 142 Å². The summed E-state index contributed by atoms with van der Waals surface area (Å²) in [5, 5.41) is 6.02. The van der Waals surface area contributed by atoms with E-state index >= 15 is 0 Å². The van der Waals surface area contributed by atoms with Crippen molar-refractivity contribution in [2.24, 2.45) is 0 Å². The van der Waals surface area contributed by atoms with Crippen LogP contribution in [0.2, 0.25) is 5.02 Å². The van der Waals surface area contributed by atoms with E-state index in [0.29, 0.717) is 10.6 Å². The minimum absolute atomic E-state index is 0.0276. The van der Waals surface area contributed by atoms with Gasteiger partial charge in [-0.15, -0.1) is 11.6 Å². The lowest BCUT2D eigenvalue weighted by Gasteiger charge is -2.06. The molecular weight excluding hydrogens is 343 g/mol.